The molecule has 0 radical (unpaired) electrons. The number of unbranched alkanes of at least 4 members (excludes halogenated alkanes) is 2. The van der Waals surface area contributed by atoms with Gasteiger partial charge in [0.25, 0.3) is 0 Å². The first kappa shape index (κ1) is 119. The molecule has 0 bridgehead atoms. The summed E-state index contributed by atoms with van der Waals surface area (Å²) in [6, 6.07) is -23.0. The molecule has 4 saturated heterocycles. The predicted molar refractivity (Wildman–Crippen MR) is 462 cm³/mol. The minimum Gasteiger partial charge on any atom is -0.480 e. The second-order valence-electron chi connectivity index (χ2n) is 33.6. The normalized spacial score (nSPS) is 27.4. The summed E-state index contributed by atoms with van der Waals surface area (Å²) in [6.45, 7) is 11.2. The van der Waals surface area contributed by atoms with Crippen molar-refractivity contribution < 1.29 is 195 Å². The standard InChI is InChI=1S/C81H135N17O40/c1-30(84-66(114)31(2)85-67(115)32(3)88-73(121)43(18-14-16-24-82)95-51(107)22-20-45(76(125)126)97-69(117)34(5)86-71(119)37(8)131-63-55(93-41(12)105)78(129)133-49(28-101)61(63)137-80-53(91-39(10)103)59(111)57(109)47(26-99)135-80)65(113)83-25-17-15-19-44(74(122)89-33(4)68(116)90-36(7)75(123)124)96-52(108)23-21-46(77(127)128)98-70(118)35(6)87-72(120)38(9)132-64-56(94-42(13)106)79(130)134-50(29-102)62(64)138-81-54(92-40(11)104)60(112)58(110)48(27-100)136-81/h30-38,43-50,53-64,78-81,99-102,109-112,129-130H,14-29,82H2,1-13H3,(H,83,113)(H,84,114)(H,85,115)(H,86,119)(H,87,120)(H,88,121)(H,89,122)(H,90,116)(H,91,103)(H,92,104)(H,93,105)(H,94,106)(H,95,107)(H,96,108)(H,97,117)(H,98,118)(H,123,124)(H,125,126)(H,127,128). The number of carboxylic acid groups (broad SMARTS) is 3. The van der Waals surface area contributed by atoms with Gasteiger partial charge in [0.2, 0.25) is 94.5 Å². The number of aliphatic hydroxyl groups excluding tert-OH is 10. The highest BCUT2D eigenvalue weighted by molar-refractivity contribution is 5.97. The minimum atomic E-state index is -1.98. The first-order chi connectivity index (χ1) is 64.6. The fourth-order valence-corrected chi connectivity index (χ4v) is 14.5. The predicted octanol–water partition coefficient (Wildman–Crippen LogP) is -14.7. The number of ether oxygens (including phenoxy) is 8. The zero-order chi connectivity index (χ0) is 104. The van der Waals surface area contributed by atoms with E-state index in [1.807, 2.05) is 0 Å². The van der Waals surface area contributed by atoms with Gasteiger partial charge in [-0.25, -0.2) is 9.59 Å². The van der Waals surface area contributed by atoms with E-state index in [0.29, 0.717) is 6.42 Å². The topological polar surface area (TPSA) is 880 Å². The Morgan fingerprint density at radius 2 is 0.609 bits per heavy atom. The van der Waals surface area contributed by atoms with Gasteiger partial charge in [0.15, 0.2) is 25.2 Å². The van der Waals surface area contributed by atoms with Crippen molar-refractivity contribution in [1.82, 2.24) is 85.1 Å². The van der Waals surface area contributed by atoms with Gasteiger partial charge in [0.1, 0.15) is 176 Å². The van der Waals surface area contributed by atoms with Crippen LogP contribution in [0.15, 0.2) is 0 Å². The summed E-state index contributed by atoms with van der Waals surface area (Å²) in [5.41, 5.74) is 5.68. The maximum absolute atomic E-state index is 13.8. The highest BCUT2D eigenvalue weighted by Crippen LogP contribution is 2.34. The van der Waals surface area contributed by atoms with Crippen LogP contribution in [0, 0.1) is 0 Å². The molecule has 0 aliphatic carbocycles. The average molecular weight is 1990 g/mol. The second-order valence-corrected chi connectivity index (χ2v) is 33.6. The van der Waals surface area contributed by atoms with Crippen LogP contribution < -0.4 is 90.8 Å². The third kappa shape index (κ3) is 37.1. The third-order valence-corrected chi connectivity index (χ3v) is 22.2. The summed E-state index contributed by atoms with van der Waals surface area (Å²) in [4.78, 5) is 248. The SMILES string of the molecule is CC(=O)NC1C(OC2C(CO)OC(O)C(NC(C)=O)C2OC(C)C(=O)NC(C)C(=O)NC(CCC(=O)NC(CCCCNC(=O)C(C)NC(=O)C(C)NC(=O)C(C)NC(=O)C(CCCCN)NC(=O)CCC(NC(=O)C(C)NC(=O)C(C)OC2C(NC(C)=O)C(O)OC(CO)C2OC2OC(CO)C(O)C(O)C2NC(C)=O)C(=O)O)C(=O)NC(C)C(=O)NC(C)C(=O)O)C(=O)O)OC(CO)C(O)C1O. The van der Waals surface area contributed by atoms with Crippen LogP contribution in [-0.2, 0) is 129 Å². The summed E-state index contributed by atoms with van der Waals surface area (Å²) in [5, 5.41) is 173. The Kier molecular flexibility index (Phi) is 49.9. The van der Waals surface area contributed by atoms with E-state index in [0.717, 1.165) is 62.3 Å². The van der Waals surface area contributed by atoms with Crippen molar-refractivity contribution in [2.75, 3.05) is 39.5 Å². The molecule has 0 aromatic rings. The van der Waals surface area contributed by atoms with Crippen molar-refractivity contribution in [3.05, 3.63) is 0 Å². The molecule has 33 atom stereocenters. The van der Waals surface area contributed by atoms with Gasteiger partial charge in [-0.1, -0.05) is 0 Å². The molecule has 0 spiro atoms. The van der Waals surface area contributed by atoms with Gasteiger partial charge in [-0.05, 0) is 120 Å². The molecular weight excluding hydrogens is 1850 g/mol. The number of aliphatic hydroxyl groups is 10. The average Bonchev–Trinajstić information content (AvgIpc) is 0.774. The largest absolute Gasteiger partial charge is 0.480 e. The van der Waals surface area contributed by atoms with Crippen LogP contribution in [0.3, 0.4) is 0 Å². The molecule has 138 heavy (non-hydrogen) atoms. The molecule has 784 valence electrons. The molecule has 4 heterocycles. The number of hydrogen-bond acceptors (Lipinski definition) is 38. The highest BCUT2D eigenvalue weighted by Gasteiger charge is 2.56. The Morgan fingerprint density at radius 1 is 0.312 bits per heavy atom. The van der Waals surface area contributed by atoms with Gasteiger partial charge in [-0.2, -0.15) is 0 Å². The lowest BCUT2D eigenvalue weighted by Gasteiger charge is -2.48. The van der Waals surface area contributed by atoms with Gasteiger partial charge < -0.3 is 195 Å². The minimum absolute atomic E-state index is 0.0103. The number of hydrogen-bond donors (Lipinski definition) is 30. The molecule has 57 nitrogen and oxygen atoms in total. The summed E-state index contributed by atoms with van der Waals surface area (Å²) in [6.07, 6.45) is -33.4. The van der Waals surface area contributed by atoms with E-state index >= 15 is 0 Å². The lowest BCUT2D eigenvalue weighted by Crippen LogP contribution is -2.70. The lowest BCUT2D eigenvalue weighted by molar-refractivity contribution is -0.333. The summed E-state index contributed by atoms with van der Waals surface area (Å²) in [5.74, 6) is -19.6. The smallest absolute Gasteiger partial charge is 0.326 e. The number of nitrogens with two attached hydrogens (primary N) is 1. The van der Waals surface area contributed by atoms with E-state index in [1.165, 1.54) is 27.7 Å². The zero-order valence-corrected chi connectivity index (χ0v) is 78.3. The number of rotatable bonds is 55. The second kappa shape index (κ2) is 57.7. The maximum Gasteiger partial charge on any atom is 0.326 e. The molecule has 16 amide bonds. The van der Waals surface area contributed by atoms with Crippen molar-refractivity contribution in [3.63, 3.8) is 0 Å². The van der Waals surface area contributed by atoms with Crippen LogP contribution in [0.25, 0.3) is 0 Å². The van der Waals surface area contributed by atoms with Crippen molar-refractivity contribution >= 4 is 112 Å². The van der Waals surface area contributed by atoms with E-state index in [-0.39, 0.29) is 45.2 Å². The molecule has 31 N–H and O–H groups in total. The van der Waals surface area contributed by atoms with Crippen LogP contribution in [0.1, 0.15) is 154 Å². The third-order valence-electron chi connectivity index (χ3n) is 22.2. The summed E-state index contributed by atoms with van der Waals surface area (Å²) in [7, 11) is 0. The Balaban J connectivity index is 1.33. The van der Waals surface area contributed by atoms with Crippen molar-refractivity contribution in [1.29, 1.82) is 0 Å². The monoisotopic (exact) mass is 1990 g/mol. The van der Waals surface area contributed by atoms with Crippen LogP contribution in [-0.4, -0.2) is 420 Å². The molecule has 4 rings (SSSR count). The Morgan fingerprint density at radius 3 is 0.920 bits per heavy atom. The van der Waals surface area contributed by atoms with Crippen molar-refractivity contribution in [3.8, 4) is 0 Å². The quantitative estimate of drug-likeness (QED) is 0.0251. The Labute approximate surface area is 790 Å². The first-order valence-electron chi connectivity index (χ1n) is 44.5. The van der Waals surface area contributed by atoms with Gasteiger partial charge in [-0.15, -0.1) is 0 Å². The van der Waals surface area contributed by atoms with E-state index in [1.54, 1.807) is 0 Å². The molecular formula is C81H135N17O40. The van der Waals surface area contributed by atoms with E-state index in [9.17, 15) is 157 Å². The summed E-state index contributed by atoms with van der Waals surface area (Å²) >= 11 is 0. The van der Waals surface area contributed by atoms with Crippen molar-refractivity contribution in [2.45, 2.75) is 355 Å². The number of carbonyl (C=O) groups excluding carboxylic acids is 16. The van der Waals surface area contributed by atoms with Crippen LogP contribution in [0.2, 0.25) is 0 Å². The molecule has 4 aliphatic rings. The number of amides is 16. The lowest BCUT2D eigenvalue weighted by atomic mass is 9.94. The van der Waals surface area contributed by atoms with Gasteiger partial charge in [-0.3, -0.25) is 81.5 Å². The van der Waals surface area contributed by atoms with E-state index in [2.05, 4.69) is 85.1 Å². The zero-order valence-electron chi connectivity index (χ0n) is 78.3. The van der Waals surface area contributed by atoms with Gasteiger partial charge >= 0.3 is 17.9 Å². The first-order valence-corrected chi connectivity index (χ1v) is 44.5. The summed E-state index contributed by atoms with van der Waals surface area (Å²) < 4.78 is 46.6. The fraction of sp³-hybridized carbons (Fsp3) is 0.765. The molecule has 4 aliphatic heterocycles. The van der Waals surface area contributed by atoms with Gasteiger partial charge in [0, 0.05) is 47.1 Å². The molecule has 0 saturated carbocycles. The highest BCUT2D eigenvalue weighted by atomic mass is 16.7. The van der Waals surface area contributed by atoms with E-state index in [4.69, 9.17) is 43.6 Å². The van der Waals surface area contributed by atoms with Crippen LogP contribution >= 0.6 is 0 Å². The number of nitrogens with one attached hydrogen (secondary N) is 16. The Hall–Kier alpha value is -10.8. The van der Waals surface area contributed by atoms with Crippen LogP contribution in [0.5, 0.6) is 0 Å². The Bertz CT molecular complexity index is 4150. The number of carboxylic acids is 3. The maximum atomic E-state index is 13.8. The van der Waals surface area contributed by atoms with E-state index < -0.39 is 366 Å². The molecule has 0 aromatic heterocycles. The van der Waals surface area contributed by atoms with Crippen LogP contribution in [0.4, 0.5) is 0 Å². The molecule has 0 aromatic carbocycles. The number of aliphatic carboxylic acids is 3. The molecule has 33 unspecified atom stereocenters. The van der Waals surface area contributed by atoms with Gasteiger partial charge in [0.05, 0.1) is 26.4 Å². The van der Waals surface area contributed by atoms with Crippen molar-refractivity contribution in [2.24, 2.45) is 5.73 Å². The molecule has 57 heteroatoms. The fourth-order valence-electron chi connectivity index (χ4n) is 14.5. The number of carbonyl (C=O) groups is 19. The molecule has 4 fully saturated rings.